The summed E-state index contributed by atoms with van der Waals surface area (Å²) in [7, 11) is 0. The van der Waals surface area contributed by atoms with Crippen LogP contribution in [0.5, 0.6) is 0 Å². The minimum Gasteiger partial charge on any atom is -0.451 e. The van der Waals surface area contributed by atoms with Crippen LogP contribution in [0.3, 0.4) is 0 Å². The maximum absolute atomic E-state index is 12.5. The van der Waals surface area contributed by atoms with Gasteiger partial charge in [0.1, 0.15) is 5.70 Å². The monoisotopic (exact) mass is 364 g/mol. The van der Waals surface area contributed by atoms with Crippen molar-refractivity contribution in [2.24, 2.45) is 0 Å². The van der Waals surface area contributed by atoms with Crippen LogP contribution in [0.15, 0.2) is 60.3 Å². The fraction of sp³-hybridized carbons (Fsp3) is 0.190. The molecule has 0 atom stereocenters. The molecule has 27 heavy (non-hydrogen) atoms. The molecule has 1 heterocycles. The highest BCUT2D eigenvalue weighted by atomic mass is 16.5. The SMILES string of the molecule is CC(=O)NC(=Cc1ccccc1)C(=O)OCC(=O)N1CCc2ccccc21. The van der Waals surface area contributed by atoms with E-state index in [0.717, 1.165) is 23.2 Å². The Morgan fingerprint density at radius 3 is 2.52 bits per heavy atom. The van der Waals surface area contributed by atoms with E-state index in [4.69, 9.17) is 4.74 Å². The molecule has 0 radical (unpaired) electrons. The van der Waals surface area contributed by atoms with Crippen molar-refractivity contribution in [3.63, 3.8) is 0 Å². The summed E-state index contributed by atoms with van der Waals surface area (Å²) >= 11 is 0. The first-order chi connectivity index (χ1) is 13.0. The van der Waals surface area contributed by atoms with Crippen molar-refractivity contribution in [2.75, 3.05) is 18.1 Å². The first-order valence-corrected chi connectivity index (χ1v) is 8.64. The van der Waals surface area contributed by atoms with Crippen LogP contribution in [0.4, 0.5) is 5.69 Å². The Bertz CT molecular complexity index is 890. The molecule has 0 unspecified atom stereocenters. The Balaban J connectivity index is 1.67. The molecule has 0 spiro atoms. The number of esters is 1. The second-order valence-electron chi connectivity index (χ2n) is 6.15. The topological polar surface area (TPSA) is 75.7 Å². The van der Waals surface area contributed by atoms with Crippen molar-refractivity contribution in [3.05, 3.63) is 71.4 Å². The zero-order valence-electron chi connectivity index (χ0n) is 15.0. The van der Waals surface area contributed by atoms with Crippen molar-refractivity contribution in [3.8, 4) is 0 Å². The van der Waals surface area contributed by atoms with E-state index in [1.165, 1.54) is 13.0 Å². The lowest BCUT2D eigenvalue weighted by Crippen LogP contribution is -2.34. The predicted octanol–water partition coefficient (Wildman–Crippen LogP) is 2.30. The molecule has 138 valence electrons. The van der Waals surface area contributed by atoms with E-state index in [2.05, 4.69) is 5.32 Å². The summed E-state index contributed by atoms with van der Waals surface area (Å²) in [5.74, 6) is -1.45. The Labute approximate surface area is 157 Å². The standard InChI is InChI=1S/C21H20N2O4/c1-15(24)22-18(13-16-7-3-2-4-8-16)21(26)27-14-20(25)23-12-11-17-9-5-6-10-19(17)23/h2-10,13H,11-12,14H2,1H3,(H,22,24). The van der Waals surface area contributed by atoms with E-state index >= 15 is 0 Å². The molecule has 0 fully saturated rings. The zero-order chi connectivity index (χ0) is 19.2. The van der Waals surface area contributed by atoms with Gasteiger partial charge >= 0.3 is 5.97 Å². The van der Waals surface area contributed by atoms with Crippen molar-refractivity contribution in [2.45, 2.75) is 13.3 Å². The number of fused-ring (bicyclic) bond motifs is 1. The van der Waals surface area contributed by atoms with Gasteiger partial charge in [0.15, 0.2) is 6.61 Å². The number of para-hydroxylation sites is 1. The van der Waals surface area contributed by atoms with Crippen molar-refractivity contribution >= 4 is 29.5 Å². The fourth-order valence-corrected chi connectivity index (χ4v) is 2.93. The molecule has 0 bridgehead atoms. The van der Waals surface area contributed by atoms with E-state index in [9.17, 15) is 14.4 Å². The lowest BCUT2D eigenvalue weighted by atomic mass is 10.2. The largest absolute Gasteiger partial charge is 0.451 e. The summed E-state index contributed by atoms with van der Waals surface area (Å²) in [5.41, 5.74) is 2.67. The van der Waals surface area contributed by atoms with Gasteiger partial charge in [0.2, 0.25) is 5.91 Å². The molecule has 0 saturated heterocycles. The number of nitrogens with one attached hydrogen (secondary N) is 1. The van der Waals surface area contributed by atoms with Crippen LogP contribution in [0.2, 0.25) is 0 Å². The van der Waals surface area contributed by atoms with E-state index in [0.29, 0.717) is 6.54 Å². The highest BCUT2D eigenvalue weighted by molar-refractivity contribution is 6.01. The van der Waals surface area contributed by atoms with Gasteiger partial charge in [-0.3, -0.25) is 9.59 Å². The lowest BCUT2D eigenvalue weighted by Gasteiger charge is -2.17. The van der Waals surface area contributed by atoms with Gasteiger partial charge in [-0.15, -0.1) is 0 Å². The number of amides is 2. The Hall–Kier alpha value is -3.41. The molecule has 0 aromatic heterocycles. The third-order valence-electron chi connectivity index (χ3n) is 4.16. The van der Waals surface area contributed by atoms with Gasteiger partial charge in [0, 0.05) is 19.2 Å². The third-order valence-corrected chi connectivity index (χ3v) is 4.16. The number of anilines is 1. The normalized spacial score (nSPS) is 13.1. The van der Waals surface area contributed by atoms with Crippen LogP contribution in [-0.2, 0) is 25.5 Å². The van der Waals surface area contributed by atoms with Gasteiger partial charge in [-0.2, -0.15) is 0 Å². The van der Waals surface area contributed by atoms with Crippen LogP contribution < -0.4 is 10.2 Å². The highest BCUT2D eigenvalue weighted by Crippen LogP contribution is 2.27. The van der Waals surface area contributed by atoms with Gasteiger partial charge in [-0.1, -0.05) is 48.5 Å². The van der Waals surface area contributed by atoms with Gasteiger partial charge in [0.05, 0.1) is 0 Å². The van der Waals surface area contributed by atoms with Crippen LogP contribution in [-0.4, -0.2) is 30.9 Å². The number of rotatable bonds is 5. The third kappa shape index (κ3) is 4.61. The highest BCUT2D eigenvalue weighted by Gasteiger charge is 2.25. The van der Waals surface area contributed by atoms with Crippen molar-refractivity contribution < 1.29 is 19.1 Å². The smallest absolute Gasteiger partial charge is 0.355 e. The molecule has 1 aliphatic rings. The second kappa shape index (κ2) is 8.31. The van der Waals surface area contributed by atoms with Gasteiger partial charge < -0.3 is 15.0 Å². The fourth-order valence-electron chi connectivity index (χ4n) is 2.93. The molecule has 1 aliphatic heterocycles. The number of hydrogen-bond donors (Lipinski definition) is 1. The van der Waals surface area contributed by atoms with Crippen molar-refractivity contribution in [1.82, 2.24) is 5.32 Å². The summed E-state index contributed by atoms with van der Waals surface area (Å²) in [5, 5.41) is 2.46. The molecule has 2 amide bonds. The van der Waals surface area contributed by atoms with Crippen LogP contribution in [0.25, 0.3) is 6.08 Å². The number of benzene rings is 2. The predicted molar refractivity (Wildman–Crippen MR) is 102 cm³/mol. The summed E-state index contributed by atoms with van der Waals surface area (Å²) < 4.78 is 5.15. The molecular formula is C21H20N2O4. The first kappa shape index (κ1) is 18.4. The Kier molecular flexibility index (Phi) is 5.66. The quantitative estimate of drug-likeness (QED) is 0.652. The number of carbonyl (C=O) groups is 3. The summed E-state index contributed by atoms with van der Waals surface area (Å²) in [6, 6.07) is 16.7. The van der Waals surface area contributed by atoms with Crippen LogP contribution in [0.1, 0.15) is 18.1 Å². The number of carbonyl (C=O) groups excluding carboxylic acids is 3. The molecule has 2 aromatic rings. The molecule has 0 aliphatic carbocycles. The summed E-state index contributed by atoms with van der Waals surface area (Å²) in [4.78, 5) is 37.8. The molecule has 0 saturated carbocycles. The first-order valence-electron chi connectivity index (χ1n) is 8.64. The maximum Gasteiger partial charge on any atom is 0.355 e. The Morgan fingerprint density at radius 2 is 1.78 bits per heavy atom. The van der Waals surface area contributed by atoms with Gasteiger partial charge in [0.25, 0.3) is 5.91 Å². The van der Waals surface area contributed by atoms with Crippen molar-refractivity contribution in [1.29, 1.82) is 0 Å². The molecule has 2 aromatic carbocycles. The van der Waals surface area contributed by atoms with E-state index in [-0.39, 0.29) is 18.2 Å². The zero-order valence-corrected chi connectivity index (χ0v) is 15.0. The van der Waals surface area contributed by atoms with E-state index in [1.54, 1.807) is 17.0 Å². The average molecular weight is 364 g/mol. The second-order valence-corrected chi connectivity index (χ2v) is 6.15. The molecular weight excluding hydrogens is 344 g/mol. The molecule has 1 N–H and O–H groups in total. The molecule has 6 heteroatoms. The van der Waals surface area contributed by atoms with Crippen LogP contribution in [0, 0.1) is 0 Å². The number of ether oxygens (including phenoxy) is 1. The summed E-state index contributed by atoms with van der Waals surface area (Å²) in [6.07, 6.45) is 2.29. The summed E-state index contributed by atoms with van der Waals surface area (Å²) in [6.45, 7) is 1.48. The minimum absolute atomic E-state index is 0.0108. The number of nitrogens with zero attached hydrogens (tertiary/aromatic N) is 1. The molecule has 3 rings (SSSR count). The number of hydrogen-bond acceptors (Lipinski definition) is 4. The van der Waals surface area contributed by atoms with Gasteiger partial charge in [-0.25, -0.2) is 4.79 Å². The average Bonchev–Trinajstić information content (AvgIpc) is 3.10. The van der Waals surface area contributed by atoms with E-state index < -0.39 is 11.9 Å². The van der Waals surface area contributed by atoms with Gasteiger partial charge in [-0.05, 0) is 29.7 Å². The lowest BCUT2D eigenvalue weighted by molar-refractivity contribution is -0.144. The minimum atomic E-state index is -0.755. The van der Waals surface area contributed by atoms with E-state index in [1.807, 2.05) is 42.5 Å². The van der Waals surface area contributed by atoms with Crippen LogP contribution >= 0.6 is 0 Å². The maximum atomic E-state index is 12.5. The molecule has 6 nitrogen and oxygen atoms in total. The Morgan fingerprint density at radius 1 is 1.07 bits per heavy atom.